The summed E-state index contributed by atoms with van der Waals surface area (Å²) < 4.78 is 0. The van der Waals surface area contributed by atoms with Crippen LogP contribution < -0.4 is 5.32 Å². The lowest BCUT2D eigenvalue weighted by Crippen LogP contribution is -2.50. The van der Waals surface area contributed by atoms with Crippen molar-refractivity contribution in [2.45, 2.75) is 38.6 Å². The van der Waals surface area contributed by atoms with E-state index < -0.39 is 0 Å². The number of hydrogen-bond acceptors (Lipinski definition) is 1. The zero-order valence-electron chi connectivity index (χ0n) is 10.3. The van der Waals surface area contributed by atoms with Crippen molar-refractivity contribution in [1.82, 2.24) is 5.32 Å². The predicted molar refractivity (Wildman–Crippen MR) is 68.8 cm³/mol. The van der Waals surface area contributed by atoms with Crippen LogP contribution in [0.2, 0.25) is 0 Å². The summed E-state index contributed by atoms with van der Waals surface area (Å²) in [6, 6.07) is 5.55. The lowest BCUT2D eigenvalue weighted by atomic mass is 9.78. The fourth-order valence-corrected chi connectivity index (χ4v) is 2.18. The minimum Gasteiger partial charge on any atom is -0.347 e. The molecule has 1 saturated carbocycles. The number of benzene rings is 1. The normalized spacial score (nSPS) is 16.8. The maximum absolute atomic E-state index is 12.1. The van der Waals surface area contributed by atoms with Crippen molar-refractivity contribution in [2.75, 3.05) is 0 Å². The smallest absolute Gasteiger partial charge is 0.251 e. The van der Waals surface area contributed by atoms with Gasteiger partial charge in [-0.15, -0.1) is 6.42 Å². The molecule has 1 aromatic rings. The number of nitrogens with one attached hydrogen (secondary N) is 1. The van der Waals surface area contributed by atoms with Crippen molar-refractivity contribution in [3.63, 3.8) is 0 Å². The van der Waals surface area contributed by atoms with Gasteiger partial charge in [-0.25, -0.2) is 0 Å². The first-order valence-corrected chi connectivity index (χ1v) is 5.93. The van der Waals surface area contributed by atoms with Gasteiger partial charge in [-0.3, -0.25) is 4.79 Å². The lowest BCUT2D eigenvalue weighted by Gasteiger charge is -2.39. The minimum atomic E-state index is -0.0209. The Hall–Kier alpha value is -1.75. The van der Waals surface area contributed by atoms with Crippen LogP contribution in [0.4, 0.5) is 0 Å². The summed E-state index contributed by atoms with van der Waals surface area (Å²) in [6.45, 7) is 4.04. The Morgan fingerprint density at radius 1 is 1.41 bits per heavy atom. The molecule has 1 aliphatic carbocycles. The molecule has 2 rings (SSSR count). The van der Waals surface area contributed by atoms with E-state index in [1.165, 1.54) is 6.42 Å². The second-order valence-corrected chi connectivity index (χ2v) is 5.10. The summed E-state index contributed by atoms with van der Waals surface area (Å²) in [5, 5.41) is 3.08. The van der Waals surface area contributed by atoms with Crippen LogP contribution in [-0.4, -0.2) is 11.4 Å². The first-order chi connectivity index (χ1) is 8.02. The fraction of sp³-hybridized carbons (Fsp3) is 0.400. The van der Waals surface area contributed by atoms with Gasteiger partial charge in [0.1, 0.15) is 0 Å². The van der Waals surface area contributed by atoms with Gasteiger partial charge in [0.2, 0.25) is 0 Å². The third kappa shape index (κ3) is 2.50. The number of carbonyl (C=O) groups is 1. The van der Waals surface area contributed by atoms with Gasteiger partial charge < -0.3 is 5.32 Å². The maximum atomic E-state index is 12.1. The highest BCUT2D eigenvalue weighted by molar-refractivity contribution is 5.95. The third-order valence-corrected chi connectivity index (χ3v) is 3.38. The van der Waals surface area contributed by atoms with E-state index in [0.29, 0.717) is 5.56 Å². The average Bonchev–Trinajstić information content (AvgIpc) is 2.26. The van der Waals surface area contributed by atoms with Crippen LogP contribution in [0.25, 0.3) is 0 Å². The Labute approximate surface area is 102 Å². The highest BCUT2D eigenvalue weighted by atomic mass is 16.1. The molecule has 0 aliphatic heterocycles. The van der Waals surface area contributed by atoms with E-state index in [-0.39, 0.29) is 11.4 Å². The van der Waals surface area contributed by atoms with Gasteiger partial charge in [0, 0.05) is 16.7 Å². The molecular weight excluding hydrogens is 210 g/mol. The zero-order chi connectivity index (χ0) is 12.5. The molecule has 0 spiro atoms. The summed E-state index contributed by atoms with van der Waals surface area (Å²) in [5.41, 5.74) is 2.42. The van der Waals surface area contributed by atoms with Crippen molar-refractivity contribution < 1.29 is 4.79 Å². The Morgan fingerprint density at radius 3 is 2.65 bits per heavy atom. The van der Waals surface area contributed by atoms with Crippen molar-refractivity contribution in [2.24, 2.45) is 0 Å². The number of terminal acetylenes is 1. The molecule has 0 unspecified atom stereocenters. The molecular formula is C15H17NO. The molecule has 2 heteroatoms. The van der Waals surface area contributed by atoms with E-state index >= 15 is 0 Å². The summed E-state index contributed by atoms with van der Waals surface area (Å²) in [7, 11) is 0. The number of hydrogen-bond donors (Lipinski definition) is 1. The van der Waals surface area contributed by atoms with Crippen LogP contribution >= 0.6 is 0 Å². The Bertz CT molecular complexity index is 492. The van der Waals surface area contributed by atoms with E-state index in [2.05, 4.69) is 18.2 Å². The average molecular weight is 227 g/mol. The fourth-order valence-electron chi connectivity index (χ4n) is 2.18. The topological polar surface area (TPSA) is 29.1 Å². The molecule has 1 aliphatic rings. The van der Waals surface area contributed by atoms with Gasteiger partial charge in [0.05, 0.1) is 0 Å². The first kappa shape index (κ1) is 11.7. The summed E-state index contributed by atoms with van der Waals surface area (Å²) in [4.78, 5) is 12.1. The van der Waals surface area contributed by atoms with Crippen molar-refractivity contribution in [3.8, 4) is 12.3 Å². The second-order valence-electron chi connectivity index (χ2n) is 5.10. The van der Waals surface area contributed by atoms with Crippen molar-refractivity contribution >= 4 is 5.91 Å². The standard InChI is InChI=1S/C15H17NO/c1-4-12-8-11(2)9-13(10-12)14(17)16-15(3)6-5-7-15/h1,8-10H,5-7H2,2-3H3,(H,16,17). The number of rotatable bonds is 2. The van der Waals surface area contributed by atoms with E-state index in [1.54, 1.807) is 6.07 Å². The van der Waals surface area contributed by atoms with Crippen molar-refractivity contribution in [1.29, 1.82) is 0 Å². The SMILES string of the molecule is C#Cc1cc(C)cc(C(=O)NC2(C)CCC2)c1. The highest BCUT2D eigenvalue weighted by Crippen LogP contribution is 2.31. The Morgan fingerprint density at radius 2 is 2.12 bits per heavy atom. The molecule has 1 amide bonds. The quantitative estimate of drug-likeness (QED) is 0.773. The molecule has 0 atom stereocenters. The first-order valence-electron chi connectivity index (χ1n) is 5.93. The van der Waals surface area contributed by atoms with Gasteiger partial charge in [0.15, 0.2) is 0 Å². The van der Waals surface area contributed by atoms with Gasteiger partial charge in [0.25, 0.3) is 5.91 Å². The minimum absolute atomic E-state index is 0.0167. The molecule has 0 radical (unpaired) electrons. The number of carbonyl (C=O) groups excluding carboxylic acids is 1. The molecule has 2 nitrogen and oxygen atoms in total. The zero-order valence-corrected chi connectivity index (χ0v) is 10.3. The van der Waals surface area contributed by atoms with Crippen LogP contribution in [0.5, 0.6) is 0 Å². The van der Waals surface area contributed by atoms with E-state index in [9.17, 15) is 4.79 Å². The van der Waals surface area contributed by atoms with Gasteiger partial charge >= 0.3 is 0 Å². The van der Waals surface area contributed by atoms with Crippen LogP contribution in [0.1, 0.15) is 47.7 Å². The third-order valence-electron chi connectivity index (χ3n) is 3.38. The summed E-state index contributed by atoms with van der Waals surface area (Å²) >= 11 is 0. The molecule has 1 N–H and O–H groups in total. The molecule has 88 valence electrons. The maximum Gasteiger partial charge on any atom is 0.251 e. The monoisotopic (exact) mass is 227 g/mol. The molecule has 0 heterocycles. The Balaban J connectivity index is 2.19. The second kappa shape index (κ2) is 4.25. The predicted octanol–water partition coefficient (Wildman–Crippen LogP) is 2.65. The number of aryl methyl sites for hydroxylation is 1. The largest absolute Gasteiger partial charge is 0.347 e. The molecule has 1 aromatic carbocycles. The summed E-state index contributed by atoms with van der Waals surface area (Å²) in [6.07, 6.45) is 8.69. The van der Waals surface area contributed by atoms with Crippen LogP contribution in [-0.2, 0) is 0 Å². The molecule has 17 heavy (non-hydrogen) atoms. The molecule has 1 fully saturated rings. The molecule has 0 bridgehead atoms. The van der Waals surface area contributed by atoms with Crippen LogP contribution in [0.3, 0.4) is 0 Å². The summed E-state index contributed by atoms with van der Waals surface area (Å²) in [5.74, 6) is 2.55. The molecule has 0 aromatic heterocycles. The van der Waals surface area contributed by atoms with Gasteiger partial charge in [-0.2, -0.15) is 0 Å². The van der Waals surface area contributed by atoms with E-state index in [0.717, 1.165) is 24.0 Å². The van der Waals surface area contributed by atoms with Gasteiger partial charge in [-0.05, 0) is 56.9 Å². The van der Waals surface area contributed by atoms with E-state index in [1.807, 2.05) is 19.1 Å². The van der Waals surface area contributed by atoms with Crippen LogP contribution in [0, 0.1) is 19.3 Å². The van der Waals surface area contributed by atoms with E-state index in [4.69, 9.17) is 6.42 Å². The highest BCUT2D eigenvalue weighted by Gasteiger charge is 2.33. The van der Waals surface area contributed by atoms with Gasteiger partial charge in [-0.1, -0.05) is 5.92 Å². The lowest BCUT2D eigenvalue weighted by molar-refractivity contribution is 0.0850. The Kier molecular flexibility index (Phi) is 2.93. The van der Waals surface area contributed by atoms with Crippen molar-refractivity contribution in [3.05, 3.63) is 34.9 Å². The van der Waals surface area contributed by atoms with Crippen LogP contribution in [0.15, 0.2) is 18.2 Å². The number of amides is 1. The molecule has 0 saturated heterocycles.